The van der Waals surface area contributed by atoms with E-state index in [4.69, 9.17) is 5.11 Å². The summed E-state index contributed by atoms with van der Waals surface area (Å²) in [5.74, 6) is -0.886. The Morgan fingerprint density at radius 1 is 0.926 bits per heavy atom. The van der Waals surface area contributed by atoms with Gasteiger partial charge in [0.05, 0.1) is 5.56 Å². The van der Waals surface area contributed by atoms with Crippen LogP contribution in [0.2, 0.25) is 0 Å². The molecule has 2 nitrogen and oxygen atoms in total. The minimum absolute atomic E-state index is 0.199. The Kier molecular flexibility index (Phi) is 5.03. The number of rotatable bonds is 4. The van der Waals surface area contributed by atoms with Crippen molar-refractivity contribution in [1.82, 2.24) is 0 Å². The molecule has 0 spiro atoms. The van der Waals surface area contributed by atoms with Crippen molar-refractivity contribution in [2.45, 2.75) is 64.7 Å². The summed E-state index contributed by atoms with van der Waals surface area (Å²) < 4.78 is 0. The summed E-state index contributed by atoms with van der Waals surface area (Å²) in [4.78, 5) is 11.1. The zero-order chi connectivity index (χ0) is 19.8. The van der Waals surface area contributed by atoms with Gasteiger partial charge >= 0.3 is 5.97 Å². The molecule has 1 aliphatic rings. The number of fused-ring (bicyclic) bond motifs is 1. The third kappa shape index (κ3) is 3.85. The van der Waals surface area contributed by atoms with E-state index in [9.17, 15) is 4.79 Å². The van der Waals surface area contributed by atoms with Gasteiger partial charge < -0.3 is 5.11 Å². The zero-order valence-corrected chi connectivity index (χ0v) is 17.1. The molecule has 2 aromatic carbocycles. The van der Waals surface area contributed by atoms with Crippen molar-refractivity contribution in [2.75, 3.05) is 0 Å². The molecule has 0 aromatic heterocycles. The molecule has 0 saturated heterocycles. The average Bonchev–Trinajstić information content (AvgIpc) is 2.63. The summed E-state index contributed by atoms with van der Waals surface area (Å²) in [7, 11) is 0. The van der Waals surface area contributed by atoms with Crippen molar-refractivity contribution >= 4 is 17.6 Å². The van der Waals surface area contributed by atoms with E-state index in [1.54, 1.807) is 12.1 Å². The molecule has 3 rings (SSSR count). The molecule has 0 saturated carbocycles. The van der Waals surface area contributed by atoms with Crippen LogP contribution in [-0.2, 0) is 10.8 Å². The zero-order valence-electron chi connectivity index (χ0n) is 17.1. The van der Waals surface area contributed by atoms with Gasteiger partial charge in [0, 0.05) is 0 Å². The largest absolute Gasteiger partial charge is 0.478 e. The fourth-order valence-electron chi connectivity index (χ4n) is 4.11. The highest BCUT2D eigenvalue weighted by atomic mass is 16.4. The van der Waals surface area contributed by atoms with Crippen molar-refractivity contribution in [3.8, 4) is 0 Å². The van der Waals surface area contributed by atoms with Crippen LogP contribution in [0.5, 0.6) is 0 Å². The van der Waals surface area contributed by atoms with Crippen LogP contribution in [0.3, 0.4) is 0 Å². The Hall–Kier alpha value is -2.35. The lowest BCUT2D eigenvalue weighted by Crippen LogP contribution is -2.33. The molecule has 0 amide bonds. The fourth-order valence-corrected chi connectivity index (χ4v) is 4.11. The topological polar surface area (TPSA) is 37.3 Å². The highest BCUT2D eigenvalue weighted by molar-refractivity contribution is 5.89. The van der Waals surface area contributed by atoms with Crippen LogP contribution in [0.15, 0.2) is 42.5 Å². The first kappa shape index (κ1) is 19.4. The number of benzene rings is 2. The summed E-state index contributed by atoms with van der Waals surface area (Å²) >= 11 is 0. The van der Waals surface area contributed by atoms with Gasteiger partial charge in [0.25, 0.3) is 0 Å². The number of carboxylic acid groups (broad SMARTS) is 1. The average molecular weight is 363 g/mol. The van der Waals surface area contributed by atoms with Crippen molar-refractivity contribution in [3.63, 3.8) is 0 Å². The van der Waals surface area contributed by atoms with Gasteiger partial charge in [-0.15, -0.1) is 0 Å². The van der Waals surface area contributed by atoms with Crippen molar-refractivity contribution in [2.24, 2.45) is 0 Å². The molecule has 142 valence electrons. The highest BCUT2D eigenvalue weighted by Crippen LogP contribution is 2.46. The summed E-state index contributed by atoms with van der Waals surface area (Å²) in [6.07, 6.45) is 5.57. The smallest absolute Gasteiger partial charge is 0.335 e. The van der Waals surface area contributed by atoms with E-state index in [1.165, 1.54) is 35.1 Å². The van der Waals surface area contributed by atoms with Crippen LogP contribution < -0.4 is 0 Å². The summed E-state index contributed by atoms with van der Waals surface area (Å²) in [5, 5.41) is 9.10. The van der Waals surface area contributed by atoms with Crippen molar-refractivity contribution in [3.05, 3.63) is 70.3 Å². The number of aromatic carboxylic acids is 1. The van der Waals surface area contributed by atoms with Gasteiger partial charge in [-0.1, -0.05) is 71.0 Å². The molecule has 0 radical (unpaired) electrons. The lowest BCUT2D eigenvalue weighted by atomic mass is 9.63. The maximum atomic E-state index is 11.1. The first-order valence-corrected chi connectivity index (χ1v) is 9.83. The minimum Gasteiger partial charge on any atom is -0.478 e. The van der Waals surface area contributed by atoms with Crippen LogP contribution in [0, 0.1) is 0 Å². The van der Waals surface area contributed by atoms with E-state index in [2.05, 4.69) is 58.9 Å². The Bertz CT molecular complexity index is 883. The van der Waals surface area contributed by atoms with Gasteiger partial charge in [-0.25, -0.2) is 4.79 Å². The molecule has 0 fully saturated rings. The van der Waals surface area contributed by atoms with Gasteiger partial charge in [-0.2, -0.15) is 0 Å². The number of carbonyl (C=O) groups is 1. The third-order valence-corrected chi connectivity index (χ3v) is 6.10. The van der Waals surface area contributed by atoms with Gasteiger partial charge in [-0.05, 0) is 70.1 Å². The van der Waals surface area contributed by atoms with Gasteiger partial charge in [0.2, 0.25) is 0 Å². The maximum Gasteiger partial charge on any atom is 0.335 e. The highest BCUT2D eigenvalue weighted by Gasteiger charge is 2.36. The molecule has 1 N–H and O–H groups in total. The molecule has 0 bridgehead atoms. The Balaban J connectivity index is 2.01. The lowest BCUT2D eigenvalue weighted by Gasteiger charge is -2.42. The lowest BCUT2D eigenvalue weighted by molar-refractivity contribution is 0.0697. The van der Waals surface area contributed by atoms with Crippen LogP contribution in [-0.4, -0.2) is 11.1 Å². The van der Waals surface area contributed by atoms with Crippen LogP contribution in [0.25, 0.3) is 11.6 Å². The van der Waals surface area contributed by atoms with Crippen molar-refractivity contribution < 1.29 is 9.90 Å². The first-order chi connectivity index (χ1) is 12.6. The van der Waals surface area contributed by atoms with E-state index in [0.717, 1.165) is 12.0 Å². The predicted octanol–water partition coefficient (Wildman–Crippen LogP) is 6.68. The standard InChI is InChI=1S/C25H30O2/c1-6-18(19-8-10-20(11-9-19)23(26)27)15-17-7-12-21-22(16-17)25(4,5)14-13-24(21,2)3/h7-12,15-16H,6,13-14H2,1-5H3,(H,26,27)/b18-15+. The molecule has 0 aliphatic heterocycles. The fraction of sp³-hybridized carbons (Fsp3) is 0.400. The minimum atomic E-state index is -0.886. The molecule has 2 aromatic rings. The molecule has 0 heterocycles. The van der Waals surface area contributed by atoms with E-state index in [-0.39, 0.29) is 10.8 Å². The number of allylic oxidation sites excluding steroid dienone is 1. The molecular weight excluding hydrogens is 332 g/mol. The Morgan fingerprint density at radius 3 is 2.04 bits per heavy atom. The number of carboxylic acids is 1. The first-order valence-electron chi connectivity index (χ1n) is 9.83. The van der Waals surface area contributed by atoms with Gasteiger partial charge in [0.15, 0.2) is 0 Å². The summed E-state index contributed by atoms with van der Waals surface area (Å²) in [6.45, 7) is 11.5. The van der Waals surface area contributed by atoms with E-state index in [1.807, 2.05) is 12.1 Å². The van der Waals surface area contributed by atoms with E-state index in [0.29, 0.717) is 5.56 Å². The second kappa shape index (κ2) is 6.99. The Morgan fingerprint density at radius 2 is 1.48 bits per heavy atom. The normalized spacial score (nSPS) is 18.0. The monoisotopic (exact) mass is 362 g/mol. The second-order valence-corrected chi connectivity index (χ2v) is 8.98. The quantitative estimate of drug-likeness (QED) is 0.616. The molecule has 0 unspecified atom stereocenters. The second-order valence-electron chi connectivity index (χ2n) is 8.98. The number of hydrogen-bond donors (Lipinski definition) is 1. The molecule has 0 atom stereocenters. The van der Waals surface area contributed by atoms with Crippen LogP contribution in [0.1, 0.15) is 86.5 Å². The number of hydrogen-bond acceptors (Lipinski definition) is 1. The molecule has 1 aliphatic carbocycles. The van der Waals surface area contributed by atoms with Crippen LogP contribution in [0.4, 0.5) is 0 Å². The van der Waals surface area contributed by atoms with E-state index < -0.39 is 5.97 Å². The maximum absolute atomic E-state index is 11.1. The molecule has 27 heavy (non-hydrogen) atoms. The Labute approximate surface area is 162 Å². The molecule has 2 heteroatoms. The summed E-state index contributed by atoms with van der Waals surface area (Å²) in [6, 6.07) is 14.1. The predicted molar refractivity (Wildman–Crippen MR) is 113 cm³/mol. The SMILES string of the molecule is CC/C(=C\c1ccc2c(c1)C(C)(C)CCC2(C)C)c1ccc(C(=O)O)cc1. The summed E-state index contributed by atoms with van der Waals surface area (Å²) in [5.41, 5.74) is 7.21. The van der Waals surface area contributed by atoms with Crippen molar-refractivity contribution in [1.29, 1.82) is 0 Å². The van der Waals surface area contributed by atoms with E-state index >= 15 is 0 Å². The van der Waals surface area contributed by atoms with Crippen LogP contribution >= 0.6 is 0 Å². The third-order valence-electron chi connectivity index (χ3n) is 6.10. The molecular formula is C25H30O2. The van der Waals surface area contributed by atoms with Gasteiger partial charge in [-0.3, -0.25) is 0 Å². The van der Waals surface area contributed by atoms with Gasteiger partial charge in [0.1, 0.15) is 0 Å².